The summed E-state index contributed by atoms with van der Waals surface area (Å²) < 4.78 is 28.9. The van der Waals surface area contributed by atoms with Crippen LogP contribution >= 0.6 is 0 Å². The molecule has 0 aliphatic carbocycles. The average Bonchev–Trinajstić information content (AvgIpc) is 2.75. The van der Waals surface area contributed by atoms with Crippen LogP contribution in [0, 0.1) is 10.1 Å². The van der Waals surface area contributed by atoms with E-state index in [-0.39, 0.29) is 0 Å². The van der Waals surface area contributed by atoms with Gasteiger partial charge in [0.2, 0.25) is 5.75 Å². The molecule has 1 aromatic carbocycles. The van der Waals surface area contributed by atoms with E-state index in [1.54, 1.807) is 0 Å². The van der Waals surface area contributed by atoms with E-state index in [2.05, 4.69) is 15.0 Å². The number of nitrogens with one attached hydrogen (secondary N) is 1. The van der Waals surface area contributed by atoms with Crippen LogP contribution in [-0.4, -0.2) is 42.6 Å². The van der Waals surface area contributed by atoms with Crippen molar-refractivity contribution in [1.29, 1.82) is 0 Å². The maximum atomic E-state index is 12.4. The summed E-state index contributed by atoms with van der Waals surface area (Å²) in [6.45, 7) is 0.540. The van der Waals surface area contributed by atoms with Crippen molar-refractivity contribution in [3.8, 4) is 5.75 Å². The zero-order valence-electron chi connectivity index (χ0n) is 12.8. The summed E-state index contributed by atoms with van der Waals surface area (Å²) >= 11 is 0. The summed E-state index contributed by atoms with van der Waals surface area (Å²) in [6, 6.07) is 3.91. The fraction of sp³-hybridized carbons (Fsp3) is 0.600. The summed E-state index contributed by atoms with van der Waals surface area (Å²) in [5.74, 6) is -0.426. The van der Waals surface area contributed by atoms with E-state index in [9.17, 15) is 18.9 Å². The van der Waals surface area contributed by atoms with Gasteiger partial charge in [0.1, 0.15) is 0 Å². The predicted molar refractivity (Wildman–Crippen MR) is 83.1 cm³/mol. The molecule has 0 saturated carbocycles. The van der Waals surface area contributed by atoms with Gasteiger partial charge in [-0.25, -0.2) is 0 Å². The summed E-state index contributed by atoms with van der Waals surface area (Å²) in [5, 5.41) is 13.9. The summed E-state index contributed by atoms with van der Waals surface area (Å²) in [6.07, 6.45) is 4.93. The number of halogens is 2. The molecule has 1 aliphatic heterocycles. The molecule has 1 heterocycles. The Hall–Kier alpha value is -1.96. The van der Waals surface area contributed by atoms with E-state index in [0.29, 0.717) is 12.2 Å². The Morgan fingerprint density at radius 2 is 1.96 bits per heavy atom. The van der Waals surface area contributed by atoms with Gasteiger partial charge in [0.15, 0.2) is 0 Å². The first kappa shape index (κ1) is 17.4. The van der Waals surface area contributed by atoms with Gasteiger partial charge in [-0.1, -0.05) is 12.8 Å². The molecule has 0 aromatic heterocycles. The average molecular weight is 329 g/mol. The monoisotopic (exact) mass is 329 g/mol. The van der Waals surface area contributed by atoms with Crippen LogP contribution in [0.2, 0.25) is 0 Å². The molecule has 1 aliphatic rings. The largest absolute Gasteiger partial charge is 0.427 e. The molecule has 0 unspecified atom stereocenters. The van der Waals surface area contributed by atoms with Crippen molar-refractivity contribution in [2.75, 3.05) is 31.5 Å². The molecular formula is C15H21F2N3O3. The van der Waals surface area contributed by atoms with E-state index < -0.39 is 23.0 Å². The second kappa shape index (κ2) is 8.61. The molecule has 0 radical (unpaired) electrons. The first-order chi connectivity index (χ1) is 11.1. The number of hydrogen-bond donors (Lipinski definition) is 1. The number of nitrogens with zero attached hydrogens (tertiary/aromatic N) is 2. The van der Waals surface area contributed by atoms with Gasteiger partial charge in [-0.2, -0.15) is 8.78 Å². The molecule has 0 spiro atoms. The molecule has 128 valence electrons. The highest BCUT2D eigenvalue weighted by Gasteiger charge is 2.19. The minimum absolute atomic E-state index is 0.426. The number of likely N-dealkylation sites (tertiary alicyclic amines) is 1. The van der Waals surface area contributed by atoms with E-state index in [4.69, 9.17) is 0 Å². The Bertz CT molecular complexity index is 521. The minimum atomic E-state index is -3.10. The smallest absolute Gasteiger partial charge is 0.387 e. The number of alkyl halides is 2. The molecule has 23 heavy (non-hydrogen) atoms. The van der Waals surface area contributed by atoms with Crippen LogP contribution in [0.25, 0.3) is 0 Å². The molecule has 1 aromatic rings. The van der Waals surface area contributed by atoms with Crippen molar-refractivity contribution in [2.45, 2.75) is 32.3 Å². The maximum absolute atomic E-state index is 12.4. The maximum Gasteiger partial charge on any atom is 0.387 e. The Morgan fingerprint density at radius 3 is 2.57 bits per heavy atom. The van der Waals surface area contributed by atoms with Crippen LogP contribution in [0.3, 0.4) is 0 Å². The zero-order chi connectivity index (χ0) is 16.7. The van der Waals surface area contributed by atoms with Gasteiger partial charge in [-0.05, 0) is 32.0 Å². The van der Waals surface area contributed by atoms with Crippen molar-refractivity contribution in [1.82, 2.24) is 4.90 Å². The molecule has 6 nitrogen and oxygen atoms in total. The quantitative estimate of drug-likeness (QED) is 0.613. The Morgan fingerprint density at radius 1 is 1.26 bits per heavy atom. The van der Waals surface area contributed by atoms with Crippen molar-refractivity contribution >= 4 is 11.4 Å². The van der Waals surface area contributed by atoms with Crippen LogP contribution in [0.1, 0.15) is 25.7 Å². The first-order valence-electron chi connectivity index (χ1n) is 7.76. The van der Waals surface area contributed by atoms with Crippen molar-refractivity contribution in [3.63, 3.8) is 0 Å². The van der Waals surface area contributed by atoms with Gasteiger partial charge < -0.3 is 15.0 Å². The second-order valence-electron chi connectivity index (χ2n) is 5.50. The fourth-order valence-electron chi connectivity index (χ4n) is 2.68. The summed E-state index contributed by atoms with van der Waals surface area (Å²) in [4.78, 5) is 12.4. The zero-order valence-corrected chi connectivity index (χ0v) is 12.8. The van der Waals surface area contributed by atoms with Gasteiger partial charge in [-0.3, -0.25) is 10.1 Å². The molecular weight excluding hydrogens is 308 g/mol. The summed E-state index contributed by atoms with van der Waals surface area (Å²) in [5.41, 5.74) is 0.0597. The SMILES string of the molecule is O=[N+]([O-])c1ccc(NCCN2CCCCCC2)cc1OC(F)F. The topological polar surface area (TPSA) is 67.6 Å². The van der Waals surface area contributed by atoms with Gasteiger partial charge in [-0.15, -0.1) is 0 Å². The molecule has 2 rings (SSSR count). The first-order valence-corrected chi connectivity index (χ1v) is 7.76. The molecule has 0 bridgehead atoms. The van der Waals surface area contributed by atoms with Crippen molar-refractivity contribution in [3.05, 3.63) is 28.3 Å². The highest BCUT2D eigenvalue weighted by Crippen LogP contribution is 2.31. The molecule has 1 fully saturated rings. The minimum Gasteiger partial charge on any atom is -0.427 e. The van der Waals surface area contributed by atoms with E-state index in [1.807, 2.05) is 0 Å². The molecule has 0 amide bonds. The molecule has 1 saturated heterocycles. The highest BCUT2D eigenvalue weighted by molar-refractivity contribution is 5.58. The van der Waals surface area contributed by atoms with E-state index in [1.165, 1.54) is 43.9 Å². The highest BCUT2D eigenvalue weighted by atomic mass is 19.3. The molecule has 1 N–H and O–H groups in total. The number of ether oxygens (including phenoxy) is 1. The van der Waals surface area contributed by atoms with E-state index in [0.717, 1.165) is 19.6 Å². The van der Waals surface area contributed by atoms with Crippen LogP contribution in [0.4, 0.5) is 20.2 Å². The lowest BCUT2D eigenvalue weighted by Gasteiger charge is -2.20. The summed E-state index contributed by atoms with van der Waals surface area (Å²) in [7, 11) is 0. The van der Waals surface area contributed by atoms with Gasteiger partial charge in [0, 0.05) is 30.9 Å². The van der Waals surface area contributed by atoms with Gasteiger partial charge >= 0.3 is 12.3 Å². The number of anilines is 1. The lowest BCUT2D eigenvalue weighted by atomic mass is 10.2. The number of nitro groups is 1. The van der Waals surface area contributed by atoms with Crippen LogP contribution in [-0.2, 0) is 0 Å². The Balaban J connectivity index is 1.92. The van der Waals surface area contributed by atoms with Crippen LogP contribution in [0.15, 0.2) is 18.2 Å². The lowest BCUT2D eigenvalue weighted by molar-refractivity contribution is -0.386. The lowest BCUT2D eigenvalue weighted by Crippen LogP contribution is -2.29. The molecule has 0 atom stereocenters. The second-order valence-corrected chi connectivity index (χ2v) is 5.50. The van der Waals surface area contributed by atoms with Gasteiger partial charge in [0.25, 0.3) is 0 Å². The predicted octanol–water partition coefficient (Wildman–Crippen LogP) is 3.48. The number of nitro benzene ring substituents is 1. The normalized spacial score (nSPS) is 16.1. The van der Waals surface area contributed by atoms with Gasteiger partial charge in [0.05, 0.1) is 4.92 Å². The number of hydrogen-bond acceptors (Lipinski definition) is 5. The third-order valence-corrected chi connectivity index (χ3v) is 3.83. The number of benzene rings is 1. The Kier molecular flexibility index (Phi) is 6.52. The van der Waals surface area contributed by atoms with Crippen molar-refractivity contribution in [2.24, 2.45) is 0 Å². The fourth-order valence-corrected chi connectivity index (χ4v) is 2.68. The van der Waals surface area contributed by atoms with Crippen molar-refractivity contribution < 1.29 is 18.4 Å². The van der Waals surface area contributed by atoms with Crippen LogP contribution < -0.4 is 10.1 Å². The number of rotatable bonds is 7. The third kappa shape index (κ3) is 5.63. The van der Waals surface area contributed by atoms with Crippen LogP contribution in [0.5, 0.6) is 5.75 Å². The van der Waals surface area contributed by atoms with E-state index >= 15 is 0 Å². The third-order valence-electron chi connectivity index (χ3n) is 3.83. The Labute approximate surface area is 133 Å². The molecule has 8 heteroatoms. The standard InChI is InChI=1S/C15H21F2N3O3/c16-15(17)23-14-11-12(5-6-13(14)20(21)22)18-7-10-19-8-3-1-2-4-9-19/h5-6,11,15,18H,1-4,7-10H2.